The lowest BCUT2D eigenvalue weighted by Gasteiger charge is -2.15. The van der Waals surface area contributed by atoms with Crippen LogP contribution < -0.4 is 14.8 Å². The Kier molecular flexibility index (Phi) is 7.24. The fourth-order valence-electron chi connectivity index (χ4n) is 2.32. The van der Waals surface area contributed by atoms with Crippen molar-refractivity contribution in [3.63, 3.8) is 0 Å². The van der Waals surface area contributed by atoms with Gasteiger partial charge in [-0.15, -0.1) is 0 Å². The van der Waals surface area contributed by atoms with Crippen molar-refractivity contribution in [2.75, 3.05) is 13.7 Å². The molecule has 0 aliphatic carbocycles. The molecule has 0 aromatic heterocycles. The van der Waals surface area contributed by atoms with Gasteiger partial charge in [0, 0.05) is 23.7 Å². The summed E-state index contributed by atoms with van der Waals surface area (Å²) in [5.74, 6) is 1.60. The Hall–Kier alpha value is -1.71. The molecule has 0 aliphatic rings. The molecule has 0 heterocycles. The first-order valence-corrected chi connectivity index (χ1v) is 8.36. The fraction of sp³-hybridized carbons (Fsp3) is 0.368. The molecule has 2 aromatic carbocycles. The van der Waals surface area contributed by atoms with Crippen LogP contribution >= 0.6 is 11.6 Å². The molecule has 0 atom stereocenters. The van der Waals surface area contributed by atoms with Gasteiger partial charge >= 0.3 is 0 Å². The minimum absolute atomic E-state index is 0.698. The quantitative estimate of drug-likeness (QED) is 0.667. The topological polar surface area (TPSA) is 30.5 Å². The fourth-order valence-corrected chi connectivity index (χ4v) is 2.52. The average Bonchev–Trinajstić information content (AvgIpc) is 2.57. The number of methoxy groups -OCH3 is 1. The van der Waals surface area contributed by atoms with E-state index in [1.807, 2.05) is 36.4 Å². The van der Waals surface area contributed by atoms with E-state index in [4.69, 9.17) is 21.1 Å². The molecule has 0 unspecified atom stereocenters. The molecule has 2 rings (SSSR count). The zero-order chi connectivity index (χ0) is 16.5. The Balaban J connectivity index is 2.02. The summed E-state index contributed by atoms with van der Waals surface area (Å²) in [6.45, 7) is 4.27. The SMILES string of the molecule is CCCCOc1c(CNCc2ccccc2Cl)cccc1OC. The van der Waals surface area contributed by atoms with Gasteiger partial charge in [0.2, 0.25) is 0 Å². The summed E-state index contributed by atoms with van der Waals surface area (Å²) in [6, 6.07) is 13.8. The zero-order valence-corrected chi connectivity index (χ0v) is 14.5. The third-order valence-corrected chi connectivity index (χ3v) is 3.98. The third-order valence-electron chi connectivity index (χ3n) is 3.61. The van der Waals surface area contributed by atoms with Gasteiger partial charge in [0.15, 0.2) is 11.5 Å². The highest BCUT2D eigenvalue weighted by Crippen LogP contribution is 2.31. The molecular weight excluding hydrogens is 310 g/mol. The summed E-state index contributed by atoms with van der Waals surface area (Å²) in [5.41, 5.74) is 2.18. The molecule has 0 aliphatic heterocycles. The Morgan fingerprint density at radius 2 is 1.74 bits per heavy atom. The van der Waals surface area contributed by atoms with Gasteiger partial charge in [-0.05, 0) is 24.1 Å². The zero-order valence-electron chi connectivity index (χ0n) is 13.8. The van der Waals surface area contributed by atoms with Gasteiger partial charge in [-0.3, -0.25) is 0 Å². The van der Waals surface area contributed by atoms with Gasteiger partial charge in [0.05, 0.1) is 13.7 Å². The van der Waals surface area contributed by atoms with Crippen LogP contribution in [0.1, 0.15) is 30.9 Å². The molecule has 0 saturated heterocycles. The van der Waals surface area contributed by atoms with Gasteiger partial charge in [0.25, 0.3) is 0 Å². The van der Waals surface area contributed by atoms with Crippen LogP contribution in [-0.4, -0.2) is 13.7 Å². The van der Waals surface area contributed by atoms with Crippen molar-refractivity contribution < 1.29 is 9.47 Å². The Morgan fingerprint density at radius 1 is 1.00 bits per heavy atom. The van der Waals surface area contributed by atoms with Gasteiger partial charge in [0.1, 0.15) is 0 Å². The molecule has 0 spiro atoms. The van der Waals surface area contributed by atoms with Gasteiger partial charge in [-0.1, -0.05) is 55.3 Å². The molecule has 0 radical (unpaired) electrons. The van der Waals surface area contributed by atoms with E-state index in [1.54, 1.807) is 7.11 Å². The predicted molar refractivity (Wildman–Crippen MR) is 95.4 cm³/mol. The van der Waals surface area contributed by atoms with Crippen LogP contribution in [0.5, 0.6) is 11.5 Å². The first-order valence-electron chi connectivity index (χ1n) is 7.99. The average molecular weight is 334 g/mol. The number of benzene rings is 2. The Morgan fingerprint density at radius 3 is 2.48 bits per heavy atom. The van der Waals surface area contributed by atoms with E-state index in [1.165, 1.54) is 0 Å². The Labute approximate surface area is 143 Å². The van der Waals surface area contributed by atoms with Crippen molar-refractivity contribution >= 4 is 11.6 Å². The molecule has 2 aromatic rings. The van der Waals surface area contributed by atoms with Crippen molar-refractivity contribution in [2.24, 2.45) is 0 Å². The number of para-hydroxylation sites is 1. The van der Waals surface area contributed by atoms with Crippen LogP contribution in [0.15, 0.2) is 42.5 Å². The maximum absolute atomic E-state index is 6.18. The number of ether oxygens (including phenoxy) is 2. The maximum Gasteiger partial charge on any atom is 0.165 e. The lowest BCUT2D eigenvalue weighted by Crippen LogP contribution is -2.14. The second-order valence-corrected chi connectivity index (χ2v) is 5.75. The number of hydrogen-bond acceptors (Lipinski definition) is 3. The van der Waals surface area contributed by atoms with E-state index in [2.05, 4.69) is 18.3 Å². The van der Waals surface area contributed by atoms with Crippen LogP contribution in [0.4, 0.5) is 0 Å². The summed E-state index contributed by atoms with van der Waals surface area (Å²) in [7, 11) is 1.67. The first-order chi connectivity index (χ1) is 11.3. The van der Waals surface area contributed by atoms with Crippen LogP contribution in [0.25, 0.3) is 0 Å². The third kappa shape index (κ3) is 5.15. The highest BCUT2D eigenvalue weighted by atomic mass is 35.5. The van der Waals surface area contributed by atoms with E-state index in [0.717, 1.165) is 40.5 Å². The molecule has 124 valence electrons. The molecule has 0 amide bonds. The van der Waals surface area contributed by atoms with Crippen LogP contribution in [0.3, 0.4) is 0 Å². The minimum atomic E-state index is 0.698. The van der Waals surface area contributed by atoms with Gasteiger partial charge in [-0.2, -0.15) is 0 Å². The Bertz CT molecular complexity index is 616. The van der Waals surface area contributed by atoms with Crippen LogP contribution in [-0.2, 0) is 13.1 Å². The summed E-state index contributed by atoms with van der Waals surface area (Å²) in [6.07, 6.45) is 2.14. The summed E-state index contributed by atoms with van der Waals surface area (Å²) in [4.78, 5) is 0. The van der Waals surface area contributed by atoms with Crippen molar-refractivity contribution in [1.29, 1.82) is 0 Å². The second-order valence-electron chi connectivity index (χ2n) is 5.35. The maximum atomic E-state index is 6.18. The smallest absolute Gasteiger partial charge is 0.165 e. The lowest BCUT2D eigenvalue weighted by molar-refractivity contribution is 0.284. The van der Waals surface area contributed by atoms with E-state index in [0.29, 0.717) is 19.7 Å². The lowest BCUT2D eigenvalue weighted by atomic mass is 10.1. The summed E-state index contributed by atoms with van der Waals surface area (Å²) >= 11 is 6.18. The normalized spacial score (nSPS) is 10.6. The number of unbranched alkanes of at least 4 members (excludes halogenated alkanes) is 1. The van der Waals surface area contributed by atoms with E-state index < -0.39 is 0 Å². The van der Waals surface area contributed by atoms with Crippen LogP contribution in [0, 0.1) is 0 Å². The van der Waals surface area contributed by atoms with E-state index in [-0.39, 0.29) is 0 Å². The molecule has 1 N–H and O–H groups in total. The minimum Gasteiger partial charge on any atom is -0.493 e. The molecular formula is C19H24ClNO2. The largest absolute Gasteiger partial charge is 0.493 e. The first kappa shape index (κ1) is 17.6. The van der Waals surface area contributed by atoms with E-state index >= 15 is 0 Å². The van der Waals surface area contributed by atoms with Crippen LogP contribution in [0.2, 0.25) is 5.02 Å². The van der Waals surface area contributed by atoms with Crippen molar-refractivity contribution in [2.45, 2.75) is 32.9 Å². The van der Waals surface area contributed by atoms with Crippen molar-refractivity contribution in [3.05, 3.63) is 58.6 Å². The second kappa shape index (κ2) is 9.43. The van der Waals surface area contributed by atoms with E-state index in [9.17, 15) is 0 Å². The highest BCUT2D eigenvalue weighted by Gasteiger charge is 2.10. The van der Waals surface area contributed by atoms with Crippen molar-refractivity contribution in [3.8, 4) is 11.5 Å². The molecule has 23 heavy (non-hydrogen) atoms. The monoisotopic (exact) mass is 333 g/mol. The molecule has 3 nitrogen and oxygen atoms in total. The van der Waals surface area contributed by atoms with Crippen molar-refractivity contribution in [1.82, 2.24) is 5.32 Å². The molecule has 4 heteroatoms. The number of halogens is 1. The standard InChI is InChI=1S/C19H24ClNO2/c1-3-4-12-23-19-16(9-7-11-18(19)22-2)14-21-13-15-8-5-6-10-17(15)20/h5-11,21H,3-4,12-14H2,1-2H3. The predicted octanol–water partition coefficient (Wildman–Crippen LogP) is 4.82. The number of hydrogen-bond donors (Lipinski definition) is 1. The number of nitrogens with one attached hydrogen (secondary N) is 1. The summed E-state index contributed by atoms with van der Waals surface area (Å²) < 4.78 is 11.4. The highest BCUT2D eigenvalue weighted by molar-refractivity contribution is 6.31. The van der Waals surface area contributed by atoms with Gasteiger partial charge < -0.3 is 14.8 Å². The summed E-state index contributed by atoms with van der Waals surface area (Å²) in [5, 5.41) is 4.20. The molecule has 0 bridgehead atoms. The molecule has 0 fully saturated rings. The molecule has 0 saturated carbocycles. The van der Waals surface area contributed by atoms with Gasteiger partial charge in [-0.25, -0.2) is 0 Å². The number of rotatable bonds is 9.